The second kappa shape index (κ2) is 3.44. The number of hydrogen-bond acceptors (Lipinski definition) is 2. The number of fused-ring (bicyclic) bond motifs is 2. The molecule has 1 aromatic carbocycles. The second-order valence-corrected chi connectivity index (χ2v) is 4.90. The molecule has 0 spiro atoms. The maximum absolute atomic E-state index is 3.39. The van der Waals surface area contributed by atoms with Gasteiger partial charge in [0.2, 0.25) is 0 Å². The standard InChI is InChI=1S/C12H13NS/c1-2-4-10-9(3-1)5-6-12-11(10)7-8-13-14-12/h1-5,12-13H,6-8H2. The molecule has 1 nitrogen and oxygen atoms in total. The Balaban J connectivity index is 2.27. The third kappa shape index (κ3) is 1.30. The van der Waals surface area contributed by atoms with Crippen molar-refractivity contribution in [3.63, 3.8) is 0 Å². The van der Waals surface area contributed by atoms with Crippen molar-refractivity contribution >= 4 is 23.6 Å². The molecule has 1 fully saturated rings. The molecule has 72 valence electrons. The molecule has 1 N–H and O–H groups in total. The van der Waals surface area contributed by atoms with Gasteiger partial charge in [-0.1, -0.05) is 42.3 Å². The summed E-state index contributed by atoms with van der Waals surface area (Å²) < 4.78 is 3.39. The fourth-order valence-corrected chi connectivity index (χ4v) is 3.28. The number of hydrogen-bond donors (Lipinski definition) is 1. The van der Waals surface area contributed by atoms with Crippen LogP contribution in [0.25, 0.3) is 11.6 Å². The van der Waals surface area contributed by atoms with E-state index >= 15 is 0 Å². The summed E-state index contributed by atoms with van der Waals surface area (Å²) in [6.07, 6.45) is 4.76. The second-order valence-electron chi connectivity index (χ2n) is 3.80. The molecule has 0 aromatic heterocycles. The minimum Gasteiger partial charge on any atom is -0.263 e. The van der Waals surface area contributed by atoms with E-state index < -0.39 is 0 Å². The van der Waals surface area contributed by atoms with Crippen molar-refractivity contribution in [3.8, 4) is 0 Å². The van der Waals surface area contributed by atoms with Crippen LogP contribution in [-0.4, -0.2) is 11.8 Å². The molecule has 0 bridgehead atoms. The van der Waals surface area contributed by atoms with E-state index in [0.29, 0.717) is 5.25 Å². The third-order valence-corrected chi connectivity index (χ3v) is 4.10. The van der Waals surface area contributed by atoms with Crippen LogP contribution in [0.3, 0.4) is 0 Å². The zero-order valence-corrected chi connectivity index (χ0v) is 8.81. The first kappa shape index (κ1) is 8.57. The van der Waals surface area contributed by atoms with Crippen molar-refractivity contribution in [2.75, 3.05) is 6.54 Å². The van der Waals surface area contributed by atoms with Gasteiger partial charge < -0.3 is 0 Å². The lowest BCUT2D eigenvalue weighted by Crippen LogP contribution is -2.37. The van der Waals surface area contributed by atoms with Crippen molar-refractivity contribution in [2.24, 2.45) is 0 Å². The van der Waals surface area contributed by atoms with E-state index in [9.17, 15) is 0 Å². The molecule has 1 unspecified atom stereocenters. The summed E-state index contributed by atoms with van der Waals surface area (Å²) in [6, 6.07) is 8.77. The molecule has 1 aromatic rings. The quantitative estimate of drug-likeness (QED) is 0.632. The highest BCUT2D eigenvalue weighted by Gasteiger charge is 2.21. The molecule has 0 saturated carbocycles. The molecule has 3 rings (SSSR count). The average molecular weight is 203 g/mol. The minimum atomic E-state index is 0.679. The van der Waals surface area contributed by atoms with E-state index in [1.54, 1.807) is 5.57 Å². The lowest BCUT2D eigenvalue weighted by molar-refractivity contribution is 0.863. The summed E-state index contributed by atoms with van der Waals surface area (Å²) in [5.74, 6) is 0. The minimum absolute atomic E-state index is 0.679. The van der Waals surface area contributed by atoms with Crippen LogP contribution in [0, 0.1) is 0 Å². The zero-order valence-electron chi connectivity index (χ0n) is 7.99. The van der Waals surface area contributed by atoms with Crippen molar-refractivity contribution in [2.45, 2.75) is 18.1 Å². The molecule has 14 heavy (non-hydrogen) atoms. The van der Waals surface area contributed by atoms with Crippen LogP contribution in [0.4, 0.5) is 0 Å². The summed E-state index contributed by atoms with van der Waals surface area (Å²) in [5, 5.41) is 3.60. The first-order valence-electron chi connectivity index (χ1n) is 5.12. The van der Waals surface area contributed by atoms with Gasteiger partial charge >= 0.3 is 0 Å². The summed E-state index contributed by atoms with van der Waals surface area (Å²) in [6.45, 7) is 1.12. The lowest BCUT2D eigenvalue weighted by Gasteiger charge is -2.26. The Kier molecular flexibility index (Phi) is 2.11. The van der Waals surface area contributed by atoms with E-state index in [1.165, 1.54) is 23.3 Å². The van der Waals surface area contributed by atoms with Gasteiger partial charge in [0, 0.05) is 11.8 Å². The molecule has 1 aliphatic carbocycles. The van der Waals surface area contributed by atoms with E-state index in [-0.39, 0.29) is 0 Å². The number of benzene rings is 1. The molecule has 2 heteroatoms. The predicted molar refractivity (Wildman–Crippen MR) is 62.2 cm³/mol. The van der Waals surface area contributed by atoms with Gasteiger partial charge in [0.05, 0.1) is 0 Å². The van der Waals surface area contributed by atoms with Crippen molar-refractivity contribution in [1.29, 1.82) is 0 Å². The fourth-order valence-electron chi connectivity index (χ4n) is 2.28. The van der Waals surface area contributed by atoms with Gasteiger partial charge in [-0.05, 0) is 28.9 Å². The molecule has 2 aliphatic rings. The summed E-state index contributed by atoms with van der Waals surface area (Å²) >= 11 is 1.89. The topological polar surface area (TPSA) is 12.0 Å². The van der Waals surface area contributed by atoms with Gasteiger partial charge in [-0.3, -0.25) is 4.72 Å². The van der Waals surface area contributed by atoms with Gasteiger partial charge in [-0.2, -0.15) is 0 Å². The average Bonchev–Trinajstić information content (AvgIpc) is 2.29. The van der Waals surface area contributed by atoms with Gasteiger partial charge in [-0.15, -0.1) is 0 Å². The molecule has 0 radical (unpaired) electrons. The molecular weight excluding hydrogens is 190 g/mol. The Labute approximate surface area is 88.0 Å². The molecule has 1 heterocycles. The van der Waals surface area contributed by atoms with Crippen LogP contribution in [0.15, 0.2) is 24.3 Å². The lowest BCUT2D eigenvalue weighted by atomic mass is 9.96. The Morgan fingerprint density at radius 1 is 1.29 bits per heavy atom. The highest BCUT2D eigenvalue weighted by Crippen LogP contribution is 2.28. The Morgan fingerprint density at radius 3 is 3.21 bits per heavy atom. The highest BCUT2D eigenvalue weighted by molar-refractivity contribution is 7.98. The molecule has 1 aliphatic heterocycles. The van der Waals surface area contributed by atoms with Gasteiger partial charge in [0.1, 0.15) is 0 Å². The Hall–Kier alpha value is -0.730. The predicted octanol–water partition coefficient (Wildman–Crippen LogP) is 1.03. The normalized spacial score (nSPS) is 24.9. The highest BCUT2D eigenvalue weighted by atomic mass is 32.2. The fraction of sp³-hybridized carbons (Fsp3) is 0.333. The van der Waals surface area contributed by atoms with E-state index in [0.717, 1.165) is 6.54 Å². The Bertz CT molecular complexity index is 463. The SMILES string of the molecule is C1=c2ccccc2=C2CCNSC2C1. The summed E-state index contributed by atoms with van der Waals surface area (Å²) in [4.78, 5) is 0. The third-order valence-electron chi connectivity index (χ3n) is 2.97. The van der Waals surface area contributed by atoms with Gasteiger partial charge in [0.15, 0.2) is 0 Å². The van der Waals surface area contributed by atoms with Crippen LogP contribution in [0.5, 0.6) is 0 Å². The summed E-state index contributed by atoms with van der Waals surface area (Å²) in [5.41, 5.74) is 1.65. The summed E-state index contributed by atoms with van der Waals surface area (Å²) in [7, 11) is 0. The maximum atomic E-state index is 3.39. The van der Waals surface area contributed by atoms with Crippen LogP contribution >= 0.6 is 11.9 Å². The smallest absolute Gasteiger partial charge is 0.0446 e. The maximum Gasteiger partial charge on any atom is 0.0446 e. The zero-order chi connectivity index (χ0) is 9.38. The first-order chi connectivity index (χ1) is 6.95. The van der Waals surface area contributed by atoms with E-state index in [4.69, 9.17) is 0 Å². The molecular formula is C12H13NS. The van der Waals surface area contributed by atoms with Crippen LogP contribution in [0.1, 0.15) is 12.8 Å². The van der Waals surface area contributed by atoms with E-state index in [1.807, 2.05) is 11.9 Å². The van der Waals surface area contributed by atoms with Crippen molar-refractivity contribution in [1.82, 2.24) is 4.72 Å². The first-order valence-corrected chi connectivity index (χ1v) is 6.00. The monoisotopic (exact) mass is 203 g/mol. The van der Waals surface area contributed by atoms with Crippen LogP contribution in [-0.2, 0) is 0 Å². The van der Waals surface area contributed by atoms with E-state index in [2.05, 4.69) is 35.1 Å². The van der Waals surface area contributed by atoms with Crippen LogP contribution in [0.2, 0.25) is 0 Å². The van der Waals surface area contributed by atoms with Crippen molar-refractivity contribution < 1.29 is 0 Å². The van der Waals surface area contributed by atoms with Gasteiger partial charge in [0.25, 0.3) is 0 Å². The van der Waals surface area contributed by atoms with Crippen molar-refractivity contribution in [3.05, 3.63) is 34.7 Å². The number of nitrogens with one attached hydrogen (secondary N) is 1. The molecule has 1 atom stereocenters. The molecule has 1 saturated heterocycles. The largest absolute Gasteiger partial charge is 0.263 e. The molecule has 0 amide bonds. The Morgan fingerprint density at radius 2 is 2.21 bits per heavy atom. The van der Waals surface area contributed by atoms with Crippen LogP contribution < -0.4 is 15.2 Å². The van der Waals surface area contributed by atoms with Gasteiger partial charge in [-0.25, -0.2) is 0 Å². The number of rotatable bonds is 0.